The summed E-state index contributed by atoms with van der Waals surface area (Å²) in [7, 11) is 1.67. The molecule has 1 spiro atoms. The minimum Gasteiger partial charge on any atom is -0.383 e. The number of carbonyl (C=O) groups excluding carboxylic acids is 2. The van der Waals surface area contributed by atoms with Crippen LogP contribution in [-0.4, -0.2) is 73.1 Å². The van der Waals surface area contributed by atoms with Crippen molar-refractivity contribution < 1.29 is 14.3 Å². The Morgan fingerprint density at radius 3 is 2.70 bits per heavy atom. The molecule has 1 saturated carbocycles. The highest BCUT2D eigenvalue weighted by molar-refractivity contribution is 6.02. The van der Waals surface area contributed by atoms with E-state index >= 15 is 0 Å². The van der Waals surface area contributed by atoms with Crippen LogP contribution in [0.5, 0.6) is 0 Å². The third-order valence-electron chi connectivity index (χ3n) is 8.84. The Kier molecular flexibility index (Phi) is 6.75. The number of rotatable bonds is 6. The topological polar surface area (TPSA) is 61.9 Å². The van der Waals surface area contributed by atoms with E-state index in [-0.39, 0.29) is 17.7 Å². The van der Waals surface area contributed by atoms with E-state index in [1.165, 1.54) is 45.2 Å². The predicted molar refractivity (Wildman–Crippen MR) is 128 cm³/mol. The summed E-state index contributed by atoms with van der Waals surface area (Å²) in [5, 5.41) is 3.40. The zero-order valence-electron chi connectivity index (χ0n) is 20.1. The van der Waals surface area contributed by atoms with Crippen LogP contribution in [0.1, 0.15) is 79.6 Å². The van der Waals surface area contributed by atoms with E-state index in [1.54, 1.807) is 7.11 Å². The number of hydrogen-bond donors (Lipinski definition) is 1. The Morgan fingerprint density at radius 2 is 1.88 bits per heavy atom. The minimum absolute atomic E-state index is 0.0544. The first-order valence-electron chi connectivity index (χ1n) is 13.1. The van der Waals surface area contributed by atoms with E-state index in [1.807, 2.05) is 29.2 Å². The highest BCUT2D eigenvalue weighted by Gasteiger charge is 2.55. The van der Waals surface area contributed by atoms with Crippen molar-refractivity contribution in [3.05, 3.63) is 35.4 Å². The number of carbonyl (C=O) groups is 2. The van der Waals surface area contributed by atoms with Gasteiger partial charge in [-0.05, 0) is 69.2 Å². The maximum absolute atomic E-state index is 14.0. The van der Waals surface area contributed by atoms with Gasteiger partial charge in [-0.2, -0.15) is 0 Å². The second kappa shape index (κ2) is 9.75. The molecular weight excluding hydrogens is 414 g/mol. The van der Waals surface area contributed by atoms with Crippen LogP contribution in [0.2, 0.25) is 0 Å². The molecule has 1 aliphatic carbocycles. The molecule has 2 saturated heterocycles. The molecule has 1 aromatic rings. The molecule has 33 heavy (non-hydrogen) atoms. The summed E-state index contributed by atoms with van der Waals surface area (Å²) in [5.74, 6) is 0.385. The summed E-state index contributed by atoms with van der Waals surface area (Å²) in [4.78, 5) is 32.1. The van der Waals surface area contributed by atoms with Gasteiger partial charge in [0.05, 0.1) is 18.1 Å². The van der Waals surface area contributed by atoms with Gasteiger partial charge in [0, 0.05) is 31.8 Å². The molecule has 180 valence electrons. The van der Waals surface area contributed by atoms with Gasteiger partial charge >= 0.3 is 0 Å². The normalized spacial score (nSPS) is 29.1. The van der Waals surface area contributed by atoms with Crippen molar-refractivity contribution in [3.8, 4) is 0 Å². The number of nitrogens with one attached hydrogen (secondary N) is 1. The predicted octanol–water partition coefficient (Wildman–Crippen LogP) is 3.57. The van der Waals surface area contributed by atoms with Crippen LogP contribution in [0.15, 0.2) is 24.3 Å². The molecule has 0 bridgehead atoms. The molecular formula is C27H39N3O3. The van der Waals surface area contributed by atoms with Crippen LogP contribution in [0, 0.1) is 5.92 Å². The zero-order chi connectivity index (χ0) is 22.8. The molecule has 6 nitrogen and oxygen atoms in total. The van der Waals surface area contributed by atoms with E-state index in [9.17, 15) is 9.59 Å². The summed E-state index contributed by atoms with van der Waals surface area (Å²) >= 11 is 0. The van der Waals surface area contributed by atoms with Crippen molar-refractivity contribution in [2.45, 2.75) is 75.3 Å². The van der Waals surface area contributed by atoms with Gasteiger partial charge in [-0.25, -0.2) is 0 Å². The van der Waals surface area contributed by atoms with Crippen LogP contribution < -0.4 is 5.32 Å². The Bertz CT molecular complexity index is 864. The van der Waals surface area contributed by atoms with Gasteiger partial charge < -0.3 is 19.9 Å². The number of nitrogens with zero attached hydrogens (tertiary/aromatic N) is 2. The van der Waals surface area contributed by atoms with Gasteiger partial charge in [-0.1, -0.05) is 37.5 Å². The maximum atomic E-state index is 14.0. The summed E-state index contributed by atoms with van der Waals surface area (Å²) in [5.41, 5.74) is 1.17. The first kappa shape index (κ1) is 22.9. The molecule has 1 N–H and O–H groups in total. The van der Waals surface area contributed by atoms with Crippen LogP contribution in [0.25, 0.3) is 0 Å². The second-order valence-corrected chi connectivity index (χ2v) is 10.5. The van der Waals surface area contributed by atoms with Crippen molar-refractivity contribution in [2.75, 3.05) is 39.9 Å². The number of methoxy groups -OCH3 is 1. The summed E-state index contributed by atoms with van der Waals surface area (Å²) < 4.78 is 5.36. The summed E-state index contributed by atoms with van der Waals surface area (Å²) in [6.07, 6.45) is 10.2. The third-order valence-corrected chi connectivity index (χ3v) is 8.84. The molecule has 1 aromatic carbocycles. The number of amides is 2. The smallest absolute Gasteiger partial charge is 0.254 e. The Hall–Kier alpha value is -1.92. The van der Waals surface area contributed by atoms with Crippen molar-refractivity contribution >= 4 is 11.8 Å². The lowest BCUT2D eigenvalue weighted by Crippen LogP contribution is -2.61. The fourth-order valence-corrected chi connectivity index (χ4v) is 7.32. The molecule has 2 amide bonds. The van der Waals surface area contributed by atoms with Gasteiger partial charge in [0.15, 0.2) is 0 Å². The lowest BCUT2D eigenvalue weighted by molar-refractivity contribution is -0.127. The van der Waals surface area contributed by atoms with Gasteiger partial charge in [0.25, 0.3) is 5.91 Å². The summed E-state index contributed by atoms with van der Waals surface area (Å²) in [6, 6.07) is 8.40. The number of hydrogen-bond acceptors (Lipinski definition) is 4. The molecule has 0 radical (unpaired) electrons. The molecule has 5 rings (SSSR count). The third kappa shape index (κ3) is 4.10. The Morgan fingerprint density at radius 1 is 1.09 bits per heavy atom. The number of benzene rings is 1. The number of ether oxygens (including phenoxy) is 1. The van der Waals surface area contributed by atoms with Crippen molar-refractivity contribution in [2.24, 2.45) is 5.92 Å². The maximum Gasteiger partial charge on any atom is 0.254 e. The van der Waals surface area contributed by atoms with Crippen molar-refractivity contribution in [1.29, 1.82) is 0 Å². The molecule has 3 atom stereocenters. The molecule has 0 aromatic heterocycles. The monoisotopic (exact) mass is 453 g/mol. The Balaban J connectivity index is 1.41. The largest absolute Gasteiger partial charge is 0.383 e. The number of piperidine rings is 2. The van der Waals surface area contributed by atoms with Crippen LogP contribution in [0.3, 0.4) is 0 Å². The first-order valence-corrected chi connectivity index (χ1v) is 13.1. The molecule has 3 aliphatic heterocycles. The number of fused-ring (bicyclic) bond motifs is 2. The molecule has 6 heteroatoms. The fraction of sp³-hybridized carbons (Fsp3) is 0.704. The average molecular weight is 454 g/mol. The van der Waals surface area contributed by atoms with Gasteiger partial charge in [-0.15, -0.1) is 0 Å². The van der Waals surface area contributed by atoms with E-state index < -0.39 is 5.54 Å². The quantitative estimate of drug-likeness (QED) is 0.715. The van der Waals surface area contributed by atoms with Crippen LogP contribution in [-0.2, 0) is 9.53 Å². The second-order valence-electron chi connectivity index (χ2n) is 10.5. The molecule has 0 unspecified atom stereocenters. The highest BCUT2D eigenvalue weighted by atomic mass is 16.5. The van der Waals surface area contributed by atoms with E-state index in [4.69, 9.17) is 4.74 Å². The van der Waals surface area contributed by atoms with Gasteiger partial charge in [0.1, 0.15) is 0 Å². The van der Waals surface area contributed by atoms with E-state index in [0.29, 0.717) is 30.7 Å². The van der Waals surface area contributed by atoms with E-state index in [2.05, 4.69) is 10.2 Å². The fourth-order valence-electron chi connectivity index (χ4n) is 7.32. The van der Waals surface area contributed by atoms with Crippen LogP contribution in [0.4, 0.5) is 0 Å². The lowest BCUT2D eigenvalue weighted by Gasteiger charge is -2.50. The lowest BCUT2D eigenvalue weighted by atomic mass is 9.71. The van der Waals surface area contributed by atoms with E-state index in [0.717, 1.165) is 37.8 Å². The van der Waals surface area contributed by atoms with Gasteiger partial charge in [0.2, 0.25) is 5.91 Å². The minimum atomic E-state index is -0.433. The van der Waals surface area contributed by atoms with Crippen molar-refractivity contribution in [1.82, 2.24) is 15.1 Å². The zero-order valence-corrected chi connectivity index (χ0v) is 20.1. The Labute approximate surface area is 198 Å². The van der Waals surface area contributed by atoms with Gasteiger partial charge in [-0.3, -0.25) is 9.59 Å². The molecule has 3 fully saturated rings. The summed E-state index contributed by atoms with van der Waals surface area (Å²) in [6.45, 7) is 4.20. The van der Waals surface area contributed by atoms with Crippen LogP contribution >= 0.6 is 0 Å². The molecule has 3 heterocycles. The standard InChI is InChI=1S/C27H39N3O3/c1-33-18-17-30-26(32)22-11-3-2-10-21(22)24(27(30)13-5-6-14-27)25(31)28-19-20-9-8-16-29-15-7-4-12-23(20)29/h2-3,10-11,20,23-24H,4-9,12-19H2,1H3,(H,28,31)/t20-,23+,24-/m1/s1. The molecule has 4 aliphatic rings. The first-order chi connectivity index (χ1) is 16.2. The average Bonchev–Trinajstić information content (AvgIpc) is 3.32. The SMILES string of the molecule is COCCN1C(=O)c2ccccc2[C@H](C(=O)NC[C@H]2CCCN3CCCC[C@@H]23)C12CCCC2. The highest BCUT2D eigenvalue weighted by Crippen LogP contribution is 2.50. The van der Waals surface area contributed by atoms with Crippen molar-refractivity contribution in [3.63, 3.8) is 0 Å².